The molecule has 0 radical (unpaired) electrons. The van der Waals surface area contributed by atoms with Crippen molar-refractivity contribution >= 4 is 27.7 Å². The summed E-state index contributed by atoms with van der Waals surface area (Å²) in [5.41, 5.74) is -0.229. The van der Waals surface area contributed by atoms with Crippen molar-refractivity contribution in [2.45, 2.75) is 17.7 Å². The Morgan fingerprint density at radius 2 is 1.73 bits per heavy atom. The van der Waals surface area contributed by atoms with E-state index in [0.29, 0.717) is 0 Å². The van der Waals surface area contributed by atoms with Crippen LogP contribution in [-0.2, 0) is 29.1 Å². The van der Waals surface area contributed by atoms with Crippen molar-refractivity contribution in [2.75, 3.05) is 14.2 Å². The highest BCUT2D eigenvalue weighted by Crippen LogP contribution is 2.07. The van der Waals surface area contributed by atoms with Crippen LogP contribution in [0.2, 0.25) is 0 Å². The third kappa shape index (κ3) is 5.17. The van der Waals surface area contributed by atoms with Crippen molar-refractivity contribution in [3.05, 3.63) is 30.3 Å². The largest absolute Gasteiger partial charge is 0.469 e. The number of esters is 2. The Kier molecular flexibility index (Phi) is 6.51. The number of ether oxygens (including phenoxy) is 2. The average molecular weight is 328 g/mol. The number of nitrogens with zero attached hydrogens (tertiary/aromatic N) is 1. The van der Waals surface area contributed by atoms with Gasteiger partial charge in [-0.3, -0.25) is 4.79 Å². The molecule has 0 aliphatic carbocycles. The maximum atomic E-state index is 12.0. The first-order valence-electron chi connectivity index (χ1n) is 6.19. The van der Waals surface area contributed by atoms with Crippen molar-refractivity contribution in [1.29, 1.82) is 0 Å². The van der Waals surface area contributed by atoms with Gasteiger partial charge in [0, 0.05) is 6.42 Å². The SMILES string of the molecule is COC(=O)CC/C(=N/NS(=O)(=O)c1ccccc1)C(=O)OC. The summed E-state index contributed by atoms with van der Waals surface area (Å²) in [6.07, 6.45) is -0.242. The normalized spacial score (nSPS) is 11.6. The van der Waals surface area contributed by atoms with Gasteiger partial charge in [-0.2, -0.15) is 18.4 Å². The molecule has 1 rings (SSSR count). The van der Waals surface area contributed by atoms with E-state index in [1.807, 2.05) is 4.83 Å². The first-order chi connectivity index (χ1) is 10.4. The summed E-state index contributed by atoms with van der Waals surface area (Å²) in [5, 5.41) is 3.55. The molecule has 120 valence electrons. The summed E-state index contributed by atoms with van der Waals surface area (Å²) in [4.78, 5) is 24.5. The molecule has 0 aliphatic rings. The predicted octanol–water partition coefficient (Wildman–Crippen LogP) is 0.447. The second-order valence-electron chi connectivity index (χ2n) is 4.03. The standard InChI is InChI=1S/C13H16N2O6S/c1-20-12(16)9-8-11(13(17)21-2)14-15-22(18,19)10-6-4-3-5-7-10/h3-7,15H,8-9H2,1-2H3/b14-11-. The Labute approximate surface area is 128 Å². The minimum Gasteiger partial charge on any atom is -0.469 e. The van der Waals surface area contributed by atoms with Crippen LogP contribution in [0.5, 0.6) is 0 Å². The summed E-state index contributed by atoms with van der Waals surface area (Å²) >= 11 is 0. The molecule has 0 heterocycles. The predicted molar refractivity (Wildman–Crippen MR) is 77.5 cm³/mol. The van der Waals surface area contributed by atoms with Gasteiger partial charge in [0.05, 0.1) is 25.5 Å². The maximum absolute atomic E-state index is 12.0. The number of methoxy groups -OCH3 is 2. The lowest BCUT2D eigenvalue weighted by atomic mass is 10.2. The zero-order chi connectivity index (χ0) is 16.6. The Morgan fingerprint density at radius 1 is 1.09 bits per heavy atom. The number of sulfonamides is 1. The molecular formula is C13H16N2O6S. The Hall–Kier alpha value is -2.42. The number of carbonyl (C=O) groups is 2. The fraction of sp³-hybridized carbons (Fsp3) is 0.308. The Morgan fingerprint density at radius 3 is 2.27 bits per heavy atom. The van der Waals surface area contributed by atoms with E-state index in [9.17, 15) is 18.0 Å². The number of carbonyl (C=O) groups excluding carboxylic acids is 2. The van der Waals surface area contributed by atoms with E-state index in [-0.39, 0.29) is 23.4 Å². The summed E-state index contributed by atoms with van der Waals surface area (Å²) in [5.74, 6) is -1.39. The number of rotatable bonds is 7. The van der Waals surface area contributed by atoms with Gasteiger partial charge in [0.15, 0.2) is 0 Å². The van der Waals surface area contributed by atoms with Crippen LogP contribution < -0.4 is 4.83 Å². The van der Waals surface area contributed by atoms with Crippen LogP contribution in [0.15, 0.2) is 40.3 Å². The number of benzene rings is 1. The zero-order valence-corrected chi connectivity index (χ0v) is 12.9. The lowest BCUT2D eigenvalue weighted by Gasteiger charge is -2.06. The van der Waals surface area contributed by atoms with Gasteiger partial charge in [-0.1, -0.05) is 18.2 Å². The molecule has 0 aromatic heterocycles. The van der Waals surface area contributed by atoms with Crippen LogP contribution in [0.1, 0.15) is 12.8 Å². The highest BCUT2D eigenvalue weighted by molar-refractivity contribution is 7.89. The van der Waals surface area contributed by atoms with E-state index >= 15 is 0 Å². The molecule has 0 fully saturated rings. The van der Waals surface area contributed by atoms with Crippen molar-refractivity contribution < 1.29 is 27.5 Å². The number of hydrogen-bond acceptors (Lipinski definition) is 7. The van der Waals surface area contributed by atoms with Gasteiger partial charge in [0.25, 0.3) is 10.0 Å². The first-order valence-corrected chi connectivity index (χ1v) is 7.67. The van der Waals surface area contributed by atoms with Gasteiger partial charge in [0.1, 0.15) is 5.71 Å². The van der Waals surface area contributed by atoms with Crippen molar-refractivity contribution in [2.24, 2.45) is 5.10 Å². The van der Waals surface area contributed by atoms with Crippen LogP contribution in [0.4, 0.5) is 0 Å². The second-order valence-corrected chi connectivity index (χ2v) is 5.69. The molecule has 0 saturated heterocycles. The minimum atomic E-state index is -3.90. The zero-order valence-electron chi connectivity index (χ0n) is 12.1. The molecule has 9 heteroatoms. The minimum absolute atomic E-state index is 0.00377. The molecule has 0 atom stereocenters. The molecule has 8 nitrogen and oxygen atoms in total. The summed E-state index contributed by atoms with van der Waals surface area (Å²) in [6, 6.07) is 7.53. The van der Waals surface area contributed by atoms with Gasteiger partial charge in [-0.05, 0) is 12.1 Å². The lowest BCUT2D eigenvalue weighted by Crippen LogP contribution is -2.25. The van der Waals surface area contributed by atoms with E-state index in [1.165, 1.54) is 19.2 Å². The van der Waals surface area contributed by atoms with Crippen LogP contribution in [-0.4, -0.2) is 40.3 Å². The lowest BCUT2D eigenvalue weighted by molar-refractivity contribution is -0.140. The molecule has 0 spiro atoms. The van der Waals surface area contributed by atoms with Gasteiger partial charge < -0.3 is 9.47 Å². The third-order valence-electron chi connectivity index (χ3n) is 2.57. The van der Waals surface area contributed by atoms with Gasteiger partial charge >= 0.3 is 11.9 Å². The highest BCUT2D eigenvalue weighted by atomic mass is 32.2. The molecule has 22 heavy (non-hydrogen) atoms. The van der Waals surface area contributed by atoms with Crippen LogP contribution in [0.25, 0.3) is 0 Å². The quantitative estimate of drug-likeness (QED) is 0.442. The van der Waals surface area contributed by atoms with Gasteiger partial charge in [-0.25, -0.2) is 4.79 Å². The molecule has 1 N–H and O–H groups in total. The number of hydrazone groups is 1. The molecule has 1 aromatic carbocycles. The molecular weight excluding hydrogens is 312 g/mol. The topological polar surface area (TPSA) is 111 Å². The van der Waals surface area contributed by atoms with Crippen molar-refractivity contribution in [3.8, 4) is 0 Å². The van der Waals surface area contributed by atoms with Crippen LogP contribution in [0, 0.1) is 0 Å². The highest BCUT2D eigenvalue weighted by Gasteiger charge is 2.17. The van der Waals surface area contributed by atoms with Gasteiger partial charge in [0.2, 0.25) is 0 Å². The fourth-order valence-corrected chi connectivity index (χ4v) is 2.26. The van der Waals surface area contributed by atoms with Crippen LogP contribution >= 0.6 is 0 Å². The van der Waals surface area contributed by atoms with Crippen molar-refractivity contribution in [1.82, 2.24) is 4.83 Å². The second kappa shape index (κ2) is 8.13. The van der Waals surface area contributed by atoms with E-state index in [2.05, 4.69) is 14.6 Å². The monoisotopic (exact) mass is 328 g/mol. The molecule has 0 amide bonds. The number of hydrogen-bond donors (Lipinski definition) is 1. The summed E-state index contributed by atoms with van der Waals surface area (Å²) in [6.45, 7) is 0. The van der Waals surface area contributed by atoms with E-state index in [0.717, 1.165) is 7.11 Å². The number of nitrogens with one attached hydrogen (secondary N) is 1. The average Bonchev–Trinajstić information content (AvgIpc) is 2.54. The smallest absolute Gasteiger partial charge is 0.354 e. The Balaban J connectivity index is 2.88. The van der Waals surface area contributed by atoms with E-state index in [4.69, 9.17) is 0 Å². The maximum Gasteiger partial charge on any atom is 0.354 e. The molecule has 0 aliphatic heterocycles. The molecule has 0 bridgehead atoms. The van der Waals surface area contributed by atoms with Gasteiger partial charge in [-0.15, -0.1) is 0 Å². The third-order valence-corrected chi connectivity index (χ3v) is 3.79. The molecule has 1 aromatic rings. The van der Waals surface area contributed by atoms with E-state index in [1.54, 1.807) is 18.2 Å². The summed E-state index contributed by atoms with van der Waals surface area (Å²) in [7, 11) is -1.57. The first kappa shape index (κ1) is 17.6. The molecule has 0 unspecified atom stereocenters. The fourth-order valence-electron chi connectivity index (χ4n) is 1.41. The summed E-state index contributed by atoms with van der Waals surface area (Å²) < 4.78 is 32.9. The van der Waals surface area contributed by atoms with Crippen molar-refractivity contribution in [3.63, 3.8) is 0 Å². The Bertz CT molecular complexity index is 654. The molecule has 0 saturated carbocycles. The van der Waals surface area contributed by atoms with Crippen LogP contribution in [0.3, 0.4) is 0 Å². The van der Waals surface area contributed by atoms with E-state index < -0.39 is 22.0 Å².